The Hall–Kier alpha value is -0.430. The summed E-state index contributed by atoms with van der Waals surface area (Å²) in [5, 5.41) is 0. The normalized spacial score (nSPS) is 16.9. The number of hydrogen-bond donors (Lipinski definition) is 2. The summed E-state index contributed by atoms with van der Waals surface area (Å²) in [5.41, 5.74) is 0. The van der Waals surface area contributed by atoms with Gasteiger partial charge in [-0.3, -0.25) is 0 Å². The highest BCUT2D eigenvalue weighted by atomic mass is 79.9. The molecule has 0 atom stereocenters. The highest BCUT2D eigenvalue weighted by Crippen LogP contribution is 2.15. The van der Waals surface area contributed by atoms with E-state index in [1.165, 1.54) is 25.9 Å². The maximum atomic E-state index is 12.0. The summed E-state index contributed by atoms with van der Waals surface area (Å²) >= 11 is 3.29. The van der Waals surface area contributed by atoms with Gasteiger partial charge in [0.05, 0.1) is 24.5 Å². The Kier molecular flexibility index (Phi) is 5.38. The first kappa shape index (κ1) is 15.0. The quantitative estimate of drug-likeness (QED) is 0.747. The SMILES string of the molecule is O=S(=O)(NCCC[NH+]1CCCC1)c1cccc(Br)c1. The van der Waals surface area contributed by atoms with E-state index >= 15 is 0 Å². The van der Waals surface area contributed by atoms with Crippen LogP contribution in [-0.2, 0) is 10.0 Å². The van der Waals surface area contributed by atoms with E-state index in [0.717, 1.165) is 17.4 Å². The monoisotopic (exact) mass is 347 g/mol. The molecule has 19 heavy (non-hydrogen) atoms. The lowest BCUT2D eigenvalue weighted by molar-refractivity contribution is -0.887. The minimum atomic E-state index is -3.37. The second-order valence-electron chi connectivity index (χ2n) is 4.92. The molecule has 0 bridgehead atoms. The van der Waals surface area contributed by atoms with Gasteiger partial charge in [-0.25, -0.2) is 13.1 Å². The van der Waals surface area contributed by atoms with Gasteiger partial charge in [-0.1, -0.05) is 22.0 Å². The average molecular weight is 348 g/mol. The van der Waals surface area contributed by atoms with Crippen molar-refractivity contribution in [1.82, 2.24) is 4.72 Å². The van der Waals surface area contributed by atoms with E-state index in [-0.39, 0.29) is 0 Å². The Balaban J connectivity index is 1.80. The van der Waals surface area contributed by atoms with Crippen molar-refractivity contribution >= 4 is 26.0 Å². The predicted octanol–water partition coefficient (Wildman–Crippen LogP) is 0.796. The molecule has 1 aromatic carbocycles. The molecule has 0 radical (unpaired) electrons. The van der Waals surface area contributed by atoms with E-state index in [1.807, 2.05) is 6.07 Å². The van der Waals surface area contributed by atoms with Crippen LogP contribution in [-0.4, -0.2) is 34.6 Å². The maximum Gasteiger partial charge on any atom is 0.240 e. The van der Waals surface area contributed by atoms with Crippen LogP contribution in [0.1, 0.15) is 19.3 Å². The molecule has 0 aromatic heterocycles. The third-order valence-corrected chi connectivity index (χ3v) is 5.37. The topological polar surface area (TPSA) is 50.6 Å². The molecule has 0 aliphatic carbocycles. The van der Waals surface area contributed by atoms with Crippen LogP contribution in [0.3, 0.4) is 0 Å². The fraction of sp³-hybridized carbons (Fsp3) is 0.538. The summed E-state index contributed by atoms with van der Waals surface area (Å²) in [6.07, 6.45) is 3.50. The van der Waals surface area contributed by atoms with Crippen LogP contribution in [0.4, 0.5) is 0 Å². The van der Waals surface area contributed by atoms with Crippen LogP contribution in [0.25, 0.3) is 0 Å². The van der Waals surface area contributed by atoms with Crippen molar-refractivity contribution in [3.8, 4) is 0 Å². The van der Waals surface area contributed by atoms with Crippen LogP contribution in [0, 0.1) is 0 Å². The zero-order chi connectivity index (χ0) is 13.7. The lowest BCUT2D eigenvalue weighted by atomic mass is 10.4. The summed E-state index contributed by atoms with van der Waals surface area (Å²) in [4.78, 5) is 1.91. The van der Waals surface area contributed by atoms with Gasteiger partial charge in [0.2, 0.25) is 10.0 Å². The van der Waals surface area contributed by atoms with Crippen molar-refractivity contribution in [3.05, 3.63) is 28.7 Å². The second kappa shape index (κ2) is 6.83. The summed E-state index contributed by atoms with van der Waals surface area (Å²) in [7, 11) is -3.37. The molecule has 106 valence electrons. The molecule has 0 spiro atoms. The van der Waals surface area contributed by atoms with Crippen molar-refractivity contribution in [2.45, 2.75) is 24.2 Å². The van der Waals surface area contributed by atoms with E-state index in [0.29, 0.717) is 11.4 Å². The highest BCUT2D eigenvalue weighted by molar-refractivity contribution is 9.10. The van der Waals surface area contributed by atoms with Crippen LogP contribution in [0.5, 0.6) is 0 Å². The molecule has 1 saturated heterocycles. The van der Waals surface area contributed by atoms with Gasteiger partial charge in [0.25, 0.3) is 0 Å². The summed E-state index contributed by atoms with van der Waals surface area (Å²) < 4.78 is 27.5. The molecule has 0 saturated carbocycles. The number of quaternary nitrogens is 1. The molecule has 0 amide bonds. The van der Waals surface area contributed by atoms with Crippen LogP contribution >= 0.6 is 15.9 Å². The minimum Gasteiger partial charge on any atom is -0.335 e. The molecule has 1 heterocycles. The summed E-state index contributed by atoms with van der Waals surface area (Å²) in [6, 6.07) is 6.77. The van der Waals surface area contributed by atoms with Crippen LogP contribution in [0.15, 0.2) is 33.6 Å². The van der Waals surface area contributed by atoms with Gasteiger partial charge in [0.1, 0.15) is 0 Å². The number of halogens is 1. The minimum absolute atomic E-state index is 0.315. The third-order valence-electron chi connectivity index (χ3n) is 3.42. The van der Waals surface area contributed by atoms with Crippen LogP contribution < -0.4 is 9.62 Å². The summed E-state index contributed by atoms with van der Waals surface area (Å²) in [5.74, 6) is 0. The van der Waals surface area contributed by atoms with Gasteiger partial charge >= 0.3 is 0 Å². The van der Waals surface area contributed by atoms with E-state index in [9.17, 15) is 8.42 Å². The van der Waals surface area contributed by atoms with E-state index < -0.39 is 10.0 Å². The number of benzene rings is 1. The molecule has 1 aliphatic heterocycles. The van der Waals surface area contributed by atoms with Gasteiger partial charge in [-0.05, 0) is 18.2 Å². The number of likely N-dealkylation sites (tertiary alicyclic amines) is 1. The van der Waals surface area contributed by atoms with E-state index in [1.54, 1.807) is 23.1 Å². The maximum absolute atomic E-state index is 12.0. The molecular weight excluding hydrogens is 328 g/mol. The Morgan fingerprint density at radius 2 is 2.00 bits per heavy atom. The van der Waals surface area contributed by atoms with Gasteiger partial charge in [0.15, 0.2) is 0 Å². The molecule has 4 nitrogen and oxygen atoms in total. The van der Waals surface area contributed by atoms with Gasteiger partial charge in [0, 0.05) is 30.3 Å². The largest absolute Gasteiger partial charge is 0.335 e. The summed E-state index contributed by atoms with van der Waals surface area (Å²) in [6.45, 7) is 4.04. The van der Waals surface area contributed by atoms with Gasteiger partial charge < -0.3 is 4.90 Å². The zero-order valence-electron chi connectivity index (χ0n) is 10.9. The molecule has 0 unspecified atom stereocenters. The lowest BCUT2D eigenvalue weighted by Gasteiger charge is -2.12. The first-order valence-electron chi connectivity index (χ1n) is 6.67. The first-order valence-corrected chi connectivity index (χ1v) is 8.94. The molecule has 2 rings (SSSR count). The van der Waals surface area contributed by atoms with Crippen LogP contribution in [0.2, 0.25) is 0 Å². The molecule has 1 fully saturated rings. The number of sulfonamides is 1. The van der Waals surface area contributed by atoms with Gasteiger partial charge in [-0.15, -0.1) is 0 Å². The molecule has 6 heteroatoms. The molecule has 1 aromatic rings. The predicted molar refractivity (Wildman–Crippen MR) is 78.7 cm³/mol. The first-order chi connectivity index (χ1) is 9.08. The number of rotatable bonds is 6. The second-order valence-corrected chi connectivity index (χ2v) is 7.60. The molecular formula is C13H20BrN2O2S+. The fourth-order valence-corrected chi connectivity index (χ4v) is 4.06. The van der Waals surface area contributed by atoms with Crippen molar-refractivity contribution in [1.29, 1.82) is 0 Å². The Labute approximate surface area is 123 Å². The third kappa shape index (κ3) is 4.56. The van der Waals surface area contributed by atoms with E-state index in [2.05, 4.69) is 20.7 Å². The molecule has 1 aliphatic rings. The zero-order valence-corrected chi connectivity index (χ0v) is 13.3. The average Bonchev–Trinajstić information content (AvgIpc) is 2.88. The van der Waals surface area contributed by atoms with Crippen molar-refractivity contribution in [2.24, 2.45) is 0 Å². The fourth-order valence-electron chi connectivity index (χ4n) is 2.39. The smallest absolute Gasteiger partial charge is 0.240 e. The highest BCUT2D eigenvalue weighted by Gasteiger charge is 2.16. The van der Waals surface area contributed by atoms with Crippen molar-refractivity contribution in [2.75, 3.05) is 26.2 Å². The Morgan fingerprint density at radius 1 is 1.26 bits per heavy atom. The standard InChI is InChI=1S/C13H19BrN2O2S/c14-12-5-3-6-13(11-12)19(17,18)15-7-4-10-16-8-1-2-9-16/h3,5-6,11,15H,1-2,4,7-10H2/p+1. The Bertz CT molecular complexity index is 513. The van der Waals surface area contributed by atoms with E-state index in [4.69, 9.17) is 0 Å². The number of hydrogen-bond acceptors (Lipinski definition) is 2. The van der Waals surface area contributed by atoms with Gasteiger partial charge in [-0.2, -0.15) is 0 Å². The van der Waals surface area contributed by atoms with Crippen molar-refractivity contribution < 1.29 is 13.3 Å². The lowest BCUT2D eigenvalue weighted by Crippen LogP contribution is -3.10. The van der Waals surface area contributed by atoms with Crippen molar-refractivity contribution in [3.63, 3.8) is 0 Å². The number of nitrogens with one attached hydrogen (secondary N) is 2. The molecule has 2 N–H and O–H groups in total. The Morgan fingerprint density at radius 3 is 2.68 bits per heavy atom.